The van der Waals surface area contributed by atoms with Crippen LogP contribution in [0.15, 0.2) is 41.4 Å². The standard InChI is InChI=1S/C16H16N4O4S/c1-3-24-16(21)13-14(17)19-20-8-7-12(18-15(13)20)10-5-4-6-11(9-10)25(2,22)23/h4-9H,3H2,1-2H3,(H2,17,19). The maximum Gasteiger partial charge on any atom is 0.345 e. The minimum absolute atomic E-state index is 0.0213. The molecule has 0 saturated carbocycles. The Morgan fingerprint density at radius 3 is 2.76 bits per heavy atom. The van der Waals surface area contributed by atoms with Crippen molar-refractivity contribution in [3.8, 4) is 11.3 Å². The Morgan fingerprint density at radius 2 is 2.08 bits per heavy atom. The van der Waals surface area contributed by atoms with Crippen LogP contribution in [0.25, 0.3) is 16.9 Å². The van der Waals surface area contributed by atoms with Gasteiger partial charge in [0.15, 0.2) is 21.3 Å². The maximum atomic E-state index is 12.1. The number of hydrogen-bond donors (Lipinski definition) is 1. The van der Waals surface area contributed by atoms with Crippen molar-refractivity contribution in [3.05, 3.63) is 42.1 Å². The summed E-state index contributed by atoms with van der Waals surface area (Å²) in [5.74, 6) is -0.586. The number of hydrogen-bond acceptors (Lipinski definition) is 7. The summed E-state index contributed by atoms with van der Waals surface area (Å²) in [6, 6.07) is 8.07. The molecule has 3 rings (SSSR count). The number of nitrogen functional groups attached to an aromatic ring is 1. The number of sulfone groups is 1. The van der Waals surface area contributed by atoms with Crippen LogP contribution in [0.1, 0.15) is 17.3 Å². The normalized spacial score (nSPS) is 11.6. The lowest BCUT2D eigenvalue weighted by Gasteiger charge is -2.05. The van der Waals surface area contributed by atoms with Crippen molar-refractivity contribution >= 4 is 27.3 Å². The van der Waals surface area contributed by atoms with E-state index in [1.54, 1.807) is 31.3 Å². The Morgan fingerprint density at radius 1 is 1.32 bits per heavy atom. The van der Waals surface area contributed by atoms with Crippen LogP contribution in [0.3, 0.4) is 0 Å². The highest BCUT2D eigenvalue weighted by Gasteiger charge is 2.21. The first kappa shape index (κ1) is 16.9. The number of fused-ring (bicyclic) bond motifs is 1. The molecule has 2 aromatic heterocycles. The highest BCUT2D eigenvalue weighted by molar-refractivity contribution is 7.90. The molecule has 0 atom stereocenters. The third-order valence-corrected chi connectivity index (χ3v) is 4.66. The van der Waals surface area contributed by atoms with Gasteiger partial charge in [0.2, 0.25) is 0 Å². The summed E-state index contributed by atoms with van der Waals surface area (Å²) in [5.41, 5.74) is 7.22. The summed E-state index contributed by atoms with van der Waals surface area (Å²) < 4.78 is 29.8. The van der Waals surface area contributed by atoms with E-state index in [9.17, 15) is 13.2 Å². The zero-order chi connectivity index (χ0) is 18.2. The van der Waals surface area contributed by atoms with Gasteiger partial charge in [-0.1, -0.05) is 12.1 Å². The predicted molar refractivity (Wildman–Crippen MR) is 91.9 cm³/mol. The minimum atomic E-state index is -3.34. The van der Waals surface area contributed by atoms with E-state index in [4.69, 9.17) is 10.5 Å². The topological polar surface area (TPSA) is 117 Å². The molecule has 1 aromatic carbocycles. The number of aromatic nitrogens is 3. The number of rotatable bonds is 4. The zero-order valence-electron chi connectivity index (χ0n) is 13.6. The number of carbonyl (C=O) groups excluding carboxylic acids is 1. The lowest BCUT2D eigenvalue weighted by atomic mass is 10.1. The molecular weight excluding hydrogens is 344 g/mol. The third kappa shape index (κ3) is 3.18. The number of benzene rings is 1. The predicted octanol–water partition coefficient (Wildman–Crippen LogP) is 1.56. The molecule has 0 unspecified atom stereocenters. The number of carbonyl (C=O) groups is 1. The summed E-state index contributed by atoms with van der Waals surface area (Å²) >= 11 is 0. The van der Waals surface area contributed by atoms with Crippen molar-refractivity contribution in [1.82, 2.24) is 14.6 Å². The summed E-state index contributed by atoms with van der Waals surface area (Å²) in [7, 11) is -3.34. The van der Waals surface area contributed by atoms with Gasteiger partial charge in [-0.3, -0.25) is 0 Å². The molecular formula is C16H16N4O4S. The van der Waals surface area contributed by atoms with Crippen molar-refractivity contribution < 1.29 is 17.9 Å². The molecule has 0 aliphatic rings. The van der Waals surface area contributed by atoms with E-state index in [-0.39, 0.29) is 28.5 Å². The molecule has 2 N–H and O–H groups in total. The monoisotopic (exact) mass is 360 g/mol. The summed E-state index contributed by atoms with van der Waals surface area (Å²) in [6.45, 7) is 1.89. The minimum Gasteiger partial charge on any atom is -0.462 e. The molecule has 8 nitrogen and oxygen atoms in total. The fourth-order valence-electron chi connectivity index (χ4n) is 2.39. The molecule has 0 aliphatic carbocycles. The van der Waals surface area contributed by atoms with E-state index in [0.717, 1.165) is 6.26 Å². The summed E-state index contributed by atoms with van der Waals surface area (Å²) in [4.78, 5) is 16.7. The Hall–Kier alpha value is -2.94. The molecule has 0 saturated heterocycles. The Balaban J connectivity index is 2.16. The molecule has 2 heterocycles. The van der Waals surface area contributed by atoms with Crippen molar-refractivity contribution in [2.45, 2.75) is 11.8 Å². The fourth-order valence-corrected chi connectivity index (χ4v) is 3.06. The van der Waals surface area contributed by atoms with Gasteiger partial charge in [0.1, 0.15) is 5.56 Å². The Labute approximate surface area is 144 Å². The van der Waals surface area contributed by atoms with E-state index in [0.29, 0.717) is 11.3 Å². The first-order chi connectivity index (χ1) is 11.8. The molecule has 0 bridgehead atoms. The van der Waals surface area contributed by atoms with E-state index in [1.807, 2.05) is 0 Å². The molecule has 130 valence electrons. The van der Waals surface area contributed by atoms with Gasteiger partial charge in [0, 0.05) is 18.0 Å². The Kier molecular flexibility index (Phi) is 4.17. The number of nitrogens with two attached hydrogens (primary N) is 1. The SMILES string of the molecule is CCOC(=O)c1c(N)nn2ccc(-c3cccc(S(C)(=O)=O)c3)nc12. The van der Waals surface area contributed by atoms with Gasteiger partial charge in [-0.2, -0.15) is 0 Å². The van der Waals surface area contributed by atoms with Gasteiger partial charge in [-0.15, -0.1) is 5.10 Å². The second-order valence-electron chi connectivity index (χ2n) is 5.36. The van der Waals surface area contributed by atoms with E-state index in [1.165, 1.54) is 16.6 Å². The van der Waals surface area contributed by atoms with Crippen LogP contribution in [-0.2, 0) is 14.6 Å². The number of ether oxygens (including phenoxy) is 1. The van der Waals surface area contributed by atoms with Gasteiger partial charge in [0.25, 0.3) is 0 Å². The zero-order valence-corrected chi connectivity index (χ0v) is 14.4. The van der Waals surface area contributed by atoms with Crippen LogP contribution in [0.4, 0.5) is 5.82 Å². The molecule has 0 fully saturated rings. The van der Waals surface area contributed by atoms with Crippen LogP contribution < -0.4 is 5.73 Å². The van der Waals surface area contributed by atoms with Crippen LogP contribution in [0.5, 0.6) is 0 Å². The van der Waals surface area contributed by atoms with E-state index in [2.05, 4.69) is 10.1 Å². The van der Waals surface area contributed by atoms with Crippen LogP contribution in [-0.4, -0.2) is 41.8 Å². The molecule has 25 heavy (non-hydrogen) atoms. The smallest absolute Gasteiger partial charge is 0.345 e. The third-order valence-electron chi connectivity index (χ3n) is 3.55. The quantitative estimate of drug-likeness (QED) is 0.702. The van der Waals surface area contributed by atoms with Gasteiger partial charge >= 0.3 is 5.97 Å². The van der Waals surface area contributed by atoms with Gasteiger partial charge in [-0.25, -0.2) is 22.7 Å². The lowest BCUT2D eigenvalue weighted by Crippen LogP contribution is -2.07. The van der Waals surface area contributed by atoms with Crippen molar-refractivity contribution in [2.75, 3.05) is 18.6 Å². The van der Waals surface area contributed by atoms with Crippen LogP contribution >= 0.6 is 0 Å². The highest BCUT2D eigenvalue weighted by atomic mass is 32.2. The lowest BCUT2D eigenvalue weighted by molar-refractivity contribution is 0.0529. The largest absolute Gasteiger partial charge is 0.462 e. The molecule has 0 aliphatic heterocycles. The molecule has 0 spiro atoms. The number of esters is 1. The van der Waals surface area contributed by atoms with Gasteiger partial charge < -0.3 is 10.5 Å². The van der Waals surface area contributed by atoms with Crippen molar-refractivity contribution in [3.63, 3.8) is 0 Å². The molecule has 9 heteroatoms. The maximum absolute atomic E-state index is 12.1. The molecule has 0 radical (unpaired) electrons. The van der Waals surface area contributed by atoms with Crippen LogP contribution in [0.2, 0.25) is 0 Å². The summed E-state index contributed by atoms with van der Waals surface area (Å²) in [6.07, 6.45) is 2.74. The Bertz CT molecular complexity index is 1070. The highest BCUT2D eigenvalue weighted by Crippen LogP contribution is 2.24. The van der Waals surface area contributed by atoms with Gasteiger partial charge in [-0.05, 0) is 25.1 Å². The number of nitrogens with zero attached hydrogens (tertiary/aromatic N) is 3. The first-order valence-corrected chi connectivity index (χ1v) is 9.33. The van der Waals surface area contributed by atoms with Crippen molar-refractivity contribution in [1.29, 1.82) is 0 Å². The second-order valence-corrected chi connectivity index (χ2v) is 7.38. The molecule has 3 aromatic rings. The van der Waals surface area contributed by atoms with E-state index < -0.39 is 15.8 Å². The van der Waals surface area contributed by atoms with Crippen molar-refractivity contribution in [2.24, 2.45) is 0 Å². The first-order valence-electron chi connectivity index (χ1n) is 7.43. The average molecular weight is 360 g/mol. The van der Waals surface area contributed by atoms with Gasteiger partial charge in [0.05, 0.1) is 17.2 Å². The summed E-state index contributed by atoms with van der Waals surface area (Å²) in [5, 5.41) is 4.04. The van der Waals surface area contributed by atoms with E-state index >= 15 is 0 Å². The number of anilines is 1. The molecule has 0 amide bonds. The van der Waals surface area contributed by atoms with Crippen LogP contribution in [0, 0.1) is 0 Å². The fraction of sp³-hybridized carbons (Fsp3) is 0.188. The second kappa shape index (κ2) is 6.17. The average Bonchev–Trinajstić information content (AvgIpc) is 2.89.